The Kier molecular flexibility index (Phi) is 5.02. The van der Waals surface area contributed by atoms with Crippen molar-refractivity contribution in [2.75, 3.05) is 6.54 Å². The molecule has 0 aliphatic rings. The summed E-state index contributed by atoms with van der Waals surface area (Å²) in [6.07, 6.45) is 7.37. The van der Waals surface area contributed by atoms with Crippen LogP contribution in [0.15, 0.2) is 35.5 Å². The van der Waals surface area contributed by atoms with E-state index in [1.165, 1.54) is 23.1 Å². The Morgan fingerprint density at radius 2 is 2.44 bits per heavy atom. The molecule has 0 bridgehead atoms. The third-order valence-electron chi connectivity index (χ3n) is 3.30. The molecule has 1 unspecified atom stereocenters. The summed E-state index contributed by atoms with van der Waals surface area (Å²) in [5.74, 6) is 0.773. The number of nitrogens with one attached hydrogen (secondary N) is 1. The molecule has 2 heterocycles. The Bertz CT molecular complexity index is 457. The zero-order valence-electron chi connectivity index (χ0n) is 10.9. The summed E-state index contributed by atoms with van der Waals surface area (Å²) in [5.41, 5.74) is 0. The summed E-state index contributed by atoms with van der Waals surface area (Å²) in [7, 11) is 0. The summed E-state index contributed by atoms with van der Waals surface area (Å²) >= 11 is 1.73. The number of hydrogen-bond donors (Lipinski definition) is 1. The van der Waals surface area contributed by atoms with Gasteiger partial charge in [-0.15, -0.1) is 17.9 Å². The van der Waals surface area contributed by atoms with Crippen LogP contribution in [-0.2, 0) is 6.54 Å². The first-order chi connectivity index (χ1) is 8.83. The quantitative estimate of drug-likeness (QED) is 0.557. The molecular formula is C15H21NOS. The largest absolute Gasteiger partial charge is 0.454 e. The molecule has 3 heteroatoms. The van der Waals surface area contributed by atoms with E-state index in [1.807, 2.05) is 12.1 Å². The molecule has 0 saturated carbocycles. The van der Waals surface area contributed by atoms with Gasteiger partial charge in [0, 0.05) is 16.8 Å². The first-order valence-electron chi connectivity index (χ1n) is 6.61. The molecule has 2 nitrogen and oxygen atoms in total. The Balaban J connectivity index is 1.72. The second-order valence-electron chi connectivity index (χ2n) is 4.64. The smallest absolute Gasteiger partial charge is 0.187 e. The van der Waals surface area contributed by atoms with Gasteiger partial charge in [0.2, 0.25) is 0 Å². The lowest BCUT2D eigenvalue weighted by molar-refractivity contribution is 0.456. The van der Waals surface area contributed by atoms with Crippen molar-refractivity contribution in [3.63, 3.8) is 0 Å². The van der Waals surface area contributed by atoms with Crippen LogP contribution >= 0.6 is 11.3 Å². The molecule has 98 valence electrons. The molecule has 0 aromatic carbocycles. The highest BCUT2D eigenvalue weighted by Gasteiger charge is 2.05. The van der Waals surface area contributed by atoms with Gasteiger partial charge in [0.05, 0.1) is 6.26 Å². The van der Waals surface area contributed by atoms with Gasteiger partial charge in [0.25, 0.3) is 0 Å². The van der Waals surface area contributed by atoms with E-state index in [9.17, 15) is 0 Å². The molecule has 2 aromatic rings. The standard InChI is InChI=1S/C15H21NOS/c1-3-5-12(4-2)6-8-16-11-14-10-13-7-9-17-15(13)18-14/h3,7,9-10,12,16H,1,4-6,8,11H2,2H3. The fraction of sp³-hybridized carbons (Fsp3) is 0.467. The van der Waals surface area contributed by atoms with Gasteiger partial charge in [0.15, 0.2) is 4.90 Å². The molecule has 2 rings (SSSR count). The maximum absolute atomic E-state index is 5.37. The lowest BCUT2D eigenvalue weighted by Crippen LogP contribution is -2.16. The lowest BCUT2D eigenvalue weighted by Gasteiger charge is -2.12. The first kappa shape index (κ1) is 13.4. The fourth-order valence-electron chi connectivity index (χ4n) is 2.15. The van der Waals surface area contributed by atoms with Crippen molar-refractivity contribution in [3.8, 4) is 0 Å². The summed E-state index contributed by atoms with van der Waals surface area (Å²) < 4.78 is 5.37. The van der Waals surface area contributed by atoms with E-state index in [2.05, 4.69) is 24.9 Å². The summed E-state index contributed by atoms with van der Waals surface area (Å²) in [6.45, 7) is 8.08. The van der Waals surface area contributed by atoms with E-state index >= 15 is 0 Å². The number of thiophene rings is 1. The highest BCUT2D eigenvalue weighted by atomic mass is 32.1. The molecule has 0 spiro atoms. The van der Waals surface area contributed by atoms with Crippen LogP contribution in [-0.4, -0.2) is 6.54 Å². The predicted octanol–water partition coefficient (Wildman–Crippen LogP) is 4.58. The number of rotatable bonds is 8. The molecule has 1 N–H and O–H groups in total. The molecule has 0 saturated heterocycles. The number of allylic oxidation sites excluding steroid dienone is 1. The van der Waals surface area contributed by atoms with Gasteiger partial charge in [-0.1, -0.05) is 19.4 Å². The summed E-state index contributed by atoms with van der Waals surface area (Å²) in [5, 5.41) is 4.73. The maximum atomic E-state index is 5.37. The second-order valence-corrected chi connectivity index (χ2v) is 5.74. The van der Waals surface area contributed by atoms with Crippen molar-refractivity contribution in [1.29, 1.82) is 0 Å². The minimum Gasteiger partial charge on any atom is -0.454 e. The van der Waals surface area contributed by atoms with Crippen LogP contribution < -0.4 is 5.32 Å². The van der Waals surface area contributed by atoms with E-state index in [0.29, 0.717) is 0 Å². The third kappa shape index (κ3) is 3.47. The molecule has 0 fully saturated rings. The SMILES string of the molecule is C=CCC(CC)CCNCc1cc2ccoc2s1. The van der Waals surface area contributed by atoms with E-state index in [4.69, 9.17) is 4.42 Å². The van der Waals surface area contributed by atoms with Crippen molar-refractivity contribution in [1.82, 2.24) is 5.32 Å². The minimum atomic E-state index is 0.773. The van der Waals surface area contributed by atoms with E-state index < -0.39 is 0 Å². The monoisotopic (exact) mass is 263 g/mol. The zero-order valence-corrected chi connectivity index (χ0v) is 11.8. The highest BCUT2D eigenvalue weighted by molar-refractivity contribution is 7.18. The van der Waals surface area contributed by atoms with Gasteiger partial charge in [-0.2, -0.15) is 0 Å². The van der Waals surface area contributed by atoms with E-state index in [-0.39, 0.29) is 0 Å². The Morgan fingerprint density at radius 1 is 1.56 bits per heavy atom. The number of furan rings is 1. The molecule has 2 aromatic heterocycles. The topological polar surface area (TPSA) is 25.2 Å². The van der Waals surface area contributed by atoms with Gasteiger partial charge in [-0.3, -0.25) is 0 Å². The van der Waals surface area contributed by atoms with Crippen LogP contribution in [0, 0.1) is 5.92 Å². The zero-order chi connectivity index (χ0) is 12.8. The van der Waals surface area contributed by atoms with Crippen LogP contribution in [0.2, 0.25) is 0 Å². The fourth-order valence-corrected chi connectivity index (χ4v) is 3.09. The van der Waals surface area contributed by atoms with Crippen molar-refractivity contribution in [3.05, 3.63) is 35.9 Å². The maximum Gasteiger partial charge on any atom is 0.187 e. The lowest BCUT2D eigenvalue weighted by atomic mass is 9.99. The average Bonchev–Trinajstić information content (AvgIpc) is 2.93. The Labute approximate surface area is 113 Å². The number of fused-ring (bicyclic) bond motifs is 1. The summed E-state index contributed by atoms with van der Waals surface area (Å²) in [4.78, 5) is 2.38. The Morgan fingerprint density at radius 3 is 3.17 bits per heavy atom. The van der Waals surface area contributed by atoms with Crippen LogP contribution in [0.25, 0.3) is 10.3 Å². The molecular weight excluding hydrogens is 242 g/mol. The molecule has 0 aliphatic carbocycles. The highest BCUT2D eigenvalue weighted by Crippen LogP contribution is 2.26. The van der Waals surface area contributed by atoms with Crippen molar-refractivity contribution in [2.45, 2.75) is 32.7 Å². The van der Waals surface area contributed by atoms with Crippen LogP contribution in [0.5, 0.6) is 0 Å². The predicted molar refractivity (Wildman–Crippen MR) is 79.0 cm³/mol. The summed E-state index contributed by atoms with van der Waals surface area (Å²) in [6, 6.07) is 4.23. The van der Waals surface area contributed by atoms with Crippen LogP contribution in [0.4, 0.5) is 0 Å². The van der Waals surface area contributed by atoms with Crippen molar-refractivity contribution in [2.24, 2.45) is 5.92 Å². The van der Waals surface area contributed by atoms with Crippen molar-refractivity contribution >= 4 is 21.6 Å². The second kappa shape index (κ2) is 6.76. The van der Waals surface area contributed by atoms with Crippen molar-refractivity contribution < 1.29 is 4.42 Å². The first-order valence-corrected chi connectivity index (χ1v) is 7.42. The average molecular weight is 263 g/mol. The normalized spacial score (nSPS) is 12.9. The molecule has 0 amide bonds. The number of hydrogen-bond acceptors (Lipinski definition) is 3. The third-order valence-corrected chi connectivity index (χ3v) is 4.35. The Hall–Kier alpha value is -1.06. The molecule has 1 atom stereocenters. The van der Waals surface area contributed by atoms with Crippen LogP contribution in [0.1, 0.15) is 31.1 Å². The molecule has 0 radical (unpaired) electrons. The van der Waals surface area contributed by atoms with Gasteiger partial charge >= 0.3 is 0 Å². The minimum absolute atomic E-state index is 0.773. The van der Waals surface area contributed by atoms with Gasteiger partial charge in [-0.05, 0) is 37.4 Å². The molecule has 0 aliphatic heterocycles. The van der Waals surface area contributed by atoms with E-state index in [1.54, 1.807) is 17.6 Å². The van der Waals surface area contributed by atoms with Crippen LogP contribution in [0.3, 0.4) is 0 Å². The van der Waals surface area contributed by atoms with Gasteiger partial charge < -0.3 is 9.73 Å². The van der Waals surface area contributed by atoms with Gasteiger partial charge in [0.1, 0.15) is 0 Å². The molecule has 18 heavy (non-hydrogen) atoms. The van der Waals surface area contributed by atoms with Gasteiger partial charge in [-0.25, -0.2) is 0 Å². The van der Waals surface area contributed by atoms with E-state index in [0.717, 1.165) is 30.3 Å².